The Morgan fingerprint density at radius 1 is 0.857 bits per heavy atom. The molecule has 1 fully saturated rings. The molecule has 0 spiro atoms. The Bertz CT molecular complexity index is 1530. The minimum Gasteiger partial charge on any atom is -0.480 e. The van der Waals surface area contributed by atoms with Gasteiger partial charge in [0.15, 0.2) is 6.04 Å². The highest BCUT2D eigenvalue weighted by Crippen LogP contribution is 2.29. The number of nitrogens with one attached hydrogen (secondary N) is 1. The number of amides is 1. The molecule has 216 valence electrons. The molecule has 2 heterocycles. The Morgan fingerprint density at radius 3 is 2.19 bits per heavy atom. The molecule has 1 unspecified atom stereocenters. The zero-order valence-corrected chi connectivity index (χ0v) is 24.1. The molecule has 0 aliphatic carbocycles. The number of ether oxygens (including phenoxy) is 1. The summed E-state index contributed by atoms with van der Waals surface area (Å²) in [5, 5.41) is 13.1. The number of carboxylic acid groups (broad SMARTS) is 1. The topological polar surface area (TPSA) is 108 Å². The van der Waals surface area contributed by atoms with E-state index in [2.05, 4.69) is 27.3 Å². The molecule has 11 heteroatoms. The van der Waals surface area contributed by atoms with Crippen molar-refractivity contribution in [3.63, 3.8) is 0 Å². The van der Waals surface area contributed by atoms with Crippen molar-refractivity contribution in [2.24, 2.45) is 0 Å². The molecule has 0 saturated carbocycles. The van der Waals surface area contributed by atoms with Gasteiger partial charge in [-0.2, -0.15) is 0 Å². The van der Waals surface area contributed by atoms with Gasteiger partial charge in [0.25, 0.3) is 5.91 Å². The minimum atomic E-state index is -1.28. The maximum Gasteiger partial charge on any atom is 0.328 e. The fraction of sp³-hybridized carbons (Fsp3) is 0.226. The number of carbonyl (C=O) groups excluding carboxylic acids is 1. The van der Waals surface area contributed by atoms with Crippen molar-refractivity contribution in [2.75, 3.05) is 42.6 Å². The molecule has 0 bridgehead atoms. The van der Waals surface area contributed by atoms with E-state index in [-0.39, 0.29) is 18.9 Å². The minimum absolute atomic E-state index is 0.0286. The Labute approximate surface area is 253 Å². The lowest BCUT2D eigenvalue weighted by atomic mass is 10.1. The number of benzene rings is 3. The van der Waals surface area contributed by atoms with Crippen LogP contribution in [0.5, 0.6) is 0 Å². The number of carbonyl (C=O) groups is 2. The van der Waals surface area contributed by atoms with Gasteiger partial charge in [0.05, 0.1) is 29.0 Å². The third-order valence-electron chi connectivity index (χ3n) is 6.85. The number of hydrogen-bond donors (Lipinski definition) is 2. The van der Waals surface area contributed by atoms with Gasteiger partial charge in [0.2, 0.25) is 5.95 Å². The fourth-order valence-electron chi connectivity index (χ4n) is 4.57. The molecule has 1 saturated heterocycles. The smallest absolute Gasteiger partial charge is 0.328 e. The van der Waals surface area contributed by atoms with Crippen LogP contribution in [0.25, 0.3) is 11.3 Å². The van der Waals surface area contributed by atoms with Crippen molar-refractivity contribution in [2.45, 2.75) is 12.6 Å². The maximum atomic E-state index is 13.4. The first kappa shape index (κ1) is 29.3. The molecular formula is C31H29Cl2N5O4. The van der Waals surface area contributed by atoms with E-state index in [9.17, 15) is 14.7 Å². The van der Waals surface area contributed by atoms with Gasteiger partial charge in [0, 0.05) is 37.4 Å². The first-order valence-corrected chi connectivity index (χ1v) is 14.2. The van der Waals surface area contributed by atoms with Crippen LogP contribution >= 0.6 is 23.2 Å². The Hall–Kier alpha value is -4.18. The Kier molecular flexibility index (Phi) is 9.53. The average Bonchev–Trinajstić information content (AvgIpc) is 3.02. The van der Waals surface area contributed by atoms with Crippen LogP contribution in [0.1, 0.15) is 16.1 Å². The summed E-state index contributed by atoms with van der Waals surface area (Å²) in [5.74, 6) is -1.50. The third-order valence-corrected chi connectivity index (χ3v) is 7.58. The second kappa shape index (κ2) is 13.7. The monoisotopic (exact) mass is 605 g/mol. The molecule has 9 nitrogen and oxygen atoms in total. The van der Waals surface area contributed by atoms with Gasteiger partial charge in [-0.15, -0.1) is 0 Å². The second-order valence-electron chi connectivity index (χ2n) is 9.74. The number of rotatable bonds is 10. The SMILES string of the molecule is O=C(NC(COCc1ccccc1)C(=O)O)c1cc(-c2ccc(Cl)c(Cl)c2)nc(N2CCN(c3ccccc3)CC2)n1. The molecule has 1 atom stereocenters. The second-order valence-corrected chi connectivity index (χ2v) is 10.6. The number of carboxylic acids is 1. The van der Waals surface area contributed by atoms with Crippen molar-refractivity contribution >= 4 is 46.7 Å². The van der Waals surface area contributed by atoms with Crippen LogP contribution in [0.15, 0.2) is 84.9 Å². The predicted molar refractivity (Wildman–Crippen MR) is 163 cm³/mol. The molecule has 42 heavy (non-hydrogen) atoms. The molecule has 1 aliphatic rings. The zero-order valence-electron chi connectivity index (χ0n) is 22.6. The van der Waals surface area contributed by atoms with Gasteiger partial charge in [0.1, 0.15) is 5.69 Å². The van der Waals surface area contributed by atoms with Gasteiger partial charge in [-0.05, 0) is 35.9 Å². The van der Waals surface area contributed by atoms with E-state index in [1.165, 1.54) is 6.07 Å². The number of para-hydroxylation sites is 1. The molecule has 5 rings (SSSR count). The van der Waals surface area contributed by atoms with E-state index in [0.717, 1.165) is 24.3 Å². The van der Waals surface area contributed by atoms with Crippen molar-refractivity contribution in [1.82, 2.24) is 15.3 Å². The summed E-state index contributed by atoms with van der Waals surface area (Å²) in [7, 11) is 0. The number of aromatic nitrogens is 2. The number of anilines is 2. The van der Waals surface area contributed by atoms with Crippen LogP contribution in [-0.2, 0) is 16.1 Å². The molecule has 1 amide bonds. The highest BCUT2D eigenvalue weighted by atomic mass is 35.5. The first-order valence-electron chi connectivity index (χ1n) is 13.4. The summed E-state index contributed by atoms with van der Waals surface area (Å²) in [6.45, 7) is 2.75. The molecule has 1 aromatic heterocycles. The van der Waals surface area contributed by atoms with Gasteiger partial charge in [-0.25, -0.2) is 14.8 Å². The van der Waals surface area contributed by atoms with Crippen molar-refractivity contribution in [1.29, 1.82) is 0 Å². The lowest BCUT2D eigenvalue weighted by molar-refractivity contribution is -0.141. The van der Waals surface area contributed by atoms with E-state index in [0.29, 0.717) is 40.3 Å². The van der Waals surface area contributed by atoms with Crippen molar-refractivity contribution < 1.29 is 19.4 Å². The molecule has 1 aliphatic heterocycles. The standard InChI is InChI=1S/C31H29Cl2N5O4/c32-24-12-11-22(17-25(24)33)26-18-27(29(39)34-28(30(40)41)20-42-19-21-7-3-1-4-8-21)36-31(35-26)38-15-13-37(14-16-38)23-9-5-2-6-10-23/h1-12,17-18,28H,13-16,19-20H2,(H,34,39)(H,40,41). The van der Waals surface area contributed by atoms with E-state index in [4.69, 9.17) is 32.9 Å². The molecular weight excluding hydrogens is 577 g/mol. The largest absolute Gasteiger partial charge is 0.480 e. The summed E-state index contributed by atoms with van der Waals surface area (Å²) in [4.78, 5) is 38.9. The summed E-state index contributed by atoms with van der Waals surface area (Å²) in [6, 6.07) is 24.8. The van der Waals surface area contributed by atoms with E-state index >= 15 is 0 Å². The fourth-order valence-corrected chi connectivity index (χ4v) is 4.87. The van der Waals surface area contributed by atoms with Crippen LogP contribution in [0, 0.1) is 0 Å². The third kappa shape index (κ3) is 7.36. The lowest BCUT2D eigenvalue weighted by Gasteiger charge is -2.36. The number of piperazine rings is 1. The van der Waals surface area contributed by atoms with Gasteiger partial charge in [-0.1, -0.05) is 77.8 Å². The Balaban J connectivity index is 1.36. The average molecular weight is 607 g/mol. The summed E-state index contributed by atoms with van der Waals surface area (Å²) in [6.07, 6.45) is 0. The van der Waals surface area contributed by atoms with Crippen LogP contribution in [-0.4, -0.2) is 65.8 Å². The van der Waals surface area contributed by atoms with Crippen LogP contribution in [0.4, 0.5) is 11.6 Å². The van der Waals surface area contributed by atoms with Crippen LogP contribution in [0.2, 0.25) is 10.0 Å². The summed E-state index contributed by atoms with van der Waals surface area (Å²) < 4.78 is 5.59. The highest BCUT2D eigenvalue weighted by Gasteiger charge is 2.25. The van der Waals surface area contributed by atoms with E-state index in [1.54, 1.807) is 18.2 Å². The Morgan fingerprint density at radius 2 is 1.52 bits per heavy atom. The van der Waals surface area contributed by atoms with Gasteiger partial charge < -0.3 is 25.0 Å². The first-order chi connectivity index (χ1) is 20.4. The normalized spacial score (nSPS) is 14.0. The van der Waals surface area contributed by atoms with Crippen molar-refractivity contribution in [3.8, 4) is 11.3 Å². The number of nitrogens with zero attached hydrogens (tertiary/aromatic N) is 4. The van der Waals surface area contributed by atoms with Crippen LogP contribution in [0.3, 0.4) is 0 Å². The van der Waals surface area contributed by atoms with Gasteiger partial charge >= 0.3 is 5.97 Å². The quantitative estimate of drug-likeness (QED) is 0.255. The van der Waals surface area contributed by atoms with E-state index in [1.807, 2.05) is 53.4 Å². The predicted octanol–water partition coefficient (Wildman–Crippen LogP) is 5.18. The maximum absolute atomic E-state index is 13.4. The summed E-state index contributed by atoms with van der Waals surface area (Å²) in [5.41, 5.74) is 3.16. The molecule has 3 aromatic carbocycles. The summed E-state index contributed by atoms with van der Waals surface area (Å²) >= 11 is 12.4. The van der Waals surface area contributed by atoms with Crippen LogP contribution < -0.4 is 15.1 Å². The van der Waals surface area contributed by atoms with Crippen molar-refractivity contribution in [3.05, 3.63) is 106 Å². The van der Waals surface area contributed by atoms with E-state index < -0.39 is 17.9 Å². The lowest BCUT2D eigenvalue weighted by Crippen LogP contribution is -2.47. The molecule has 4 aromatic rings. The number of halogens is 2. The zero-order chi connectivity index (χ0) is 29.5. The number of hydrogen-bond acceptors (Lipinski definition) is 7. The highest BCUT2D eigenvalue weighted by molar-refractivity contribution is 6.42. The number of aliphatic carboxylic acids is 1. The van der Waals surface area contributed by atoms with Gasteiger partial charge in [-0.3, -0.25) is 4.79 Å². The molecule has 2 N–H and O–H groups in total. The molecule has 0 radical (unpaired) electrons.